The lowest BCUT2D eigenvalue weighted by molar-refractivity contribution is -0.196. The molecule has 1 N–H and O–H groups in total. The van der Waals surface area contributed by atoms with Crippen molar-refractivity contribution in [3.8, 4) is 0 Å². The molecule has 0 heterocycles. The Morgan fingerprint density at radius 1 is 1.31 bits per heavy atom. The Bertz CT molecular complexity index is 157. The van der Waals surface area contributed by atoms with E-state index in [1.54, 1.807) is 0 Å². The zero-order valence-electron chi connectivity index (χ0n) is 8.41. The summed E-state index contributed by atoms with van der Waals surface area (Å²) < 4.78 is 15.2. The van der Waals surface area contributed by atoms with Gasteiger partial charge in [0.2, 0.25) is 0 Å². The van der Waals surface area contributed by atoms with Crippen LogP contribution >= 0.6 is 7.60 Å². The molecule has 80 valence electrons. The zero-order chi connectivity index (χ0) is 10.2. The number of hydrogen-bond donors (Lipinski definition) is 1. The lowest BCUT2D eigenvalue weighted by Gasteiger charge is -2.17. The Hall–Kier alpha value is 0.110. The first kappa shape index (κ1) is 13.1. The van der Waals surface area contributed by atoms with Gasteiger partial charge in [0.1, 0.15) is 7.60 Å². The maximum Gasteiger partial charge on any atom is 0.131 e. The summed E-state index contributed by atoms with van der Waals surface area (Å²) in [5.41, 5.74) is 0. The van der Waals surface area contributed by atoms with Crippen molar-refractivity contribution in [3.05, 3.63) is 0 Å². The van der Waals surface area contributed by atoms with Crippen molar-refractivity contribution in [1.82, 2.24) is 5.32 Å². The average Bonchev–Trinajstić information content (AvgIpc) is 2.01. The summed E-state index contributed by atoms with van der Waals surface area (Å²) in [6.45, 7) is 2.46. The molecule has 0 rings (SSSR count). The maximum atomic E-state index is 10.6. The molecule has 4 nitrogen and oxygen atoms in total. The summed E-state index contributed by atoms with van der Waals surface area (Å²) in [7, 11) is -1.56. The van der Waals surface area contributed by atoms with Gasteiger partial charge < -0.3 is 19.3 Å². The van der Waals surface area contributed by atoms with Crippen LogP contribution in [0.4, 0.5) is 0 Å². The van der Waals surface area contributed by atoms with Crippen molar-refractivity contribution < 1.29 is 14.0 Å². The first-order valence-electron chi connectivity index (χ1n) is 4.64. The zero-order valence-corrected chi connectivity index (χ0v) is 9.31. The van der Waals surface area contributed by atoms with Gasteiger partial charge in [-0.3, -0.25) is 0 Å². The minimum atomic E-state index is -3.49. The van der Waals surface area contributed by atoms with Crippen LogP contribution in [0.15, 0.2) is 0 Å². The van der Waals surface area contributed by atoms with E-state index in [9.17, 15) is 9.46 Å². The molecule has 1 unspecified atom stereocenters. The molecule has 0 aliphatic heterocycles. The Kier molecular flexibility index (Phi) is 7.57. The fraction of sp³-hybridized carbons (Fsp3) is 1.00. The quantitative estimate of drug-likeness (QED) is 0.477. The molecular weight excluding hydrogens is 189 g/mol. The van der Waals surface area contributed by atoms with Crippen LogP contribution in [0.25, 0.3) is 0 Å². The Balaban J connectivity index is 3.04. The average molecular weight is 208 g/mol. The van der Waals surface area contributed by atoms with E-state index in [0.717, 1.165) is 38.9 Å². The minimum absolute atomic E-state index is 0.330. The second-order valence-corrected chi connectivity index (χ2v) is 4.92. The first-order valence-corrected chi connectivity index (χ1v) is 6.63. The SMILES string of the molecule is CNCCCCCCOP(C)(=O)[O-]. The van der Waals surface area contributed by atoms with Crippen LogP contribution in [-0.4, -0.2) is 26.9 Å². The molecule has 0 fully saturated rings. The van der Waals surface area contributed by atoms with Crippen LogP contribution < -0.4 is 10.2 Å². The maximum absolute atomic E-state index is 10.6. The summed E-state index contributed by atoms with van der Waals surface area (Å²) >= 11 is 0. The van der Waals surface area contributed by atoms with Gasteiger partial charge >= 0.3 is 0 Å². The van der Waals surface area contributed by atoms with Crippen LogP contribution in [-0.2, 0) is 9.09 Å². The van der Waals surface area contributed by atoms with E-state index in [1.807, 2.05) is 7.05 Å². The van der Waals surface area contributed by atoms with Crippen molar-refractivity contribution in [2.24, 2.45) is 0 Å². The fourth-order valence-corrected chi connectivity index (χ4v) is 1.45. The molecule has 0 spiro atoms. The normalized spacial score (nSPS) is 15.6. The molecule has 0 radical (unpaired) electrons. The van der Waals surface area contributed by atoms with Crippen molar-refractivity contribution in [2.45, 2.75) is 25.7 Å². The van der Waals surface area contributed by atoms with Crippen molar-refractivity contribution in [3.63, 3.8) is 0 Å². The molecule has 0 aliphatic rings. The summed E-state index contributed by atoms with van der Waals surface area (Å²) in [6.07, 6.45) is 4.11. The third kappa shape index (κ3) is 12.1. The minimum Gasteiger partial charge on any atom is -0.779 e. The monoisotopic (exact) mass is 208 g/mol. The van der Waals surface area contributed by atoms with Gasteiger partial charge in [0.05, 0.1) is 6.61 Å². The predicted molar refractivity (Wildman–Crippen MR) is 51.9 cm³/mol. The molecule has 0 amide bonds. The van der Waals surface area contributed by atoms with Gasteiger partial charge in [0.25, 0.3) is 0 Å². The summed E-state index contributed by atoms with van der Waals surface area (Å²) in [5, 5.41) is 3.06. The van der Waals surface area contributed by atoms with E-state index in [1.165, 1.54) is 0 Å². The Morgan fingerprint density at radius 3 is 2.46 bits per heavy atom. The molecule has 0 saturated heterocycles. The lowest BCUT2D eigenvalue weighted by atomic mass is 10.2. The van der Waals surface area contributed by atoms with Gasteiger partial charge in [0, 0.05) is 6.66 Å². The number of nitrogens with one attached hydrogen (secondary N) is 1. The summed E-state index contributed by atoms with van der Waals surface area (Å²) in [6, 6.07) is 0. The van der Waals surface area contributed by atoms with Crippen LogP contribution in [0.1, 0.15) is 25.7 Å². The van der Waals surface area contributed by atoms with Gasteiger partial charge in [-0.15, -0.1) is 0 Å². The second kappa shape index (κ2) is 7.51. The highest BCUT2D eigenvalue weighted by molar-refractivity contribution is 7.50. The largest absolute Gasteiger partial charge is 0.779 e. The fourth-order valence-electron chi connectivity index (χ4n) is 0.988. The number of rotatable bonds is 8. The van der Waals surface area contributed by atoms with Gasteiger partial charge in [-0.05, 0) is 26.4 Å². The molecule has 1 atom stereocenters. The molecule has 13 heavy (non-hydrogen) atoms. The standard InChI is InChI=1S/C8H20NO3P/c1-9-7-5-3-4-6-8-12-13(2,10)11/h9H,3-8H2,1-2H3,(H,10,11)/p-1. The van der Waals surface area contributed by atoms with E-state index in [0.29, 0.717) is 6.61 Å². The van der Waals surface area contributed by atoms with E-state index in [4.69, 9.17) is 0 Å². The predicted octanol–water partition coefficient (Wildman–Crippen LogP) is 0.966. The van der Waals surface area contributed by atoms with E-state index in [2.05, 4.69) is 9.84 Å². The molecule has 0 aromatic heterocycles. The molecule has 0 aliphatic carbocycles. The Morgan fingerprint density at radius 2 is 1.92 bits per heavy atom. The van der Waals surface area contributed by atoms with Crippen molar-refractivity contribution in [2.75, 3.05) is 26.9 Å². The van der Waals surface area contributed by atoms with Gasteiger partial charge in [-0.25, -0.2) is 0 Å². The third-order valence-corrected chi connectivity index (χ3v) is 2.30. The van der Waals surface area contributed by atoms with Crippen molar-refractivity contribution in [1.29, 1.82) is 0 Å². The van der Waals surface area contributed by atoms with Gasteiger partial charge in [-0.2, -0.15) is 0 Å². The van der Waals surface area contributed by atoms with Gasteiger partial charge in [0.15, 0.2) is 0 Å². The molecule has 0 bridgehead atoms. The highest BCUT2D eigenvalue weighted by Crippen LogP contribution is 2.30. The number of hydrogen-bond acceptors (Lipinski definition) is 4. The first-order chi connectivity index (χ1) is 6.06. The third-order valence-electron chi connectivity index (χ3n) is 1.65. The van der Waals surface area contributed by atoms with Crippen LogP contribution in [0.2, 0.25) is 0 Å². The number of unbranched alkanes of at least 4 members (excludes halogenated alkanes) is 3. The molecule has 5 heteroatoms. The van der Waals surface area contributed by atoms with Crippen LogP contribution in [0.3, 0.4) is 0 Å². The van der Waals surface area contributed by atoms with Crippen LogP contribution in [0, 0.1) is 0 Å². The topological polar surface area (TPSA) is 61.4 Å². The molecule has 0 aromatic rings. The second-order valence-electron chi connectivity index (χ2n) is 3.12. The van der Waals surface area contributed by atoms with Crippen LogP contribution in [0.5, 0.6) is 0 Å². The molecular formula is C8H19NO3P-. The Labute approximate surface area is 80.2 Å². The van der Waals surface area contributed by atoms with Gasteiger partial charge in [-0.1, -0.05) is 12.8 Å². The molecule has 0 saturated carbocycles. The lowest BCUT2D eigenvalue weighted by Crippen LogP contribution is -2.07. The highest BCUT2D eigenvalue weighted by atomic mass is 31.2. The molecule has 0 aromatic carbocycles. The summed E-state index contributed by atoms with van der Waals surface area (Å²) in [4.78, 5) is 10.6. The van der Waals surface area contributed by atoms with Crippen molar-refractivity contribution >= 4 is 7.60 Å². The van der Waals surface area contributed by atoms with E-state index < -0.39 is 7.60 Å². The van der Waals surface area contributed by atoms with E-state index in [-0.39, 0.29) is 0 Å². The smallest absolute Gasteiger partial charge is 0.131 e. The van der Waals surface area contributed by atoms with E-state index >= 15 is 0 Å². The highest BCUT2D eigenvalue weighted by Gasteiger charge is 1.97. The summed E-state index contributed by atoms with van der Waals surface area (Å²) in [5.74, 6) is 0.